The van der Waals surface area contributed by atoms with Gasteiger partial charge in [0, 0.05) is 50.2 Å². The molecule has 2 aromatic rings. The SMILES string of the molecule is CNC(=S)N(CCCN1CCOCC1)Cc1cc2cc3c(cc2[nH]c1=O)OCO3. The Morgan fingerprint density at radius 3 is 2.76 bits per heavy atom. The van der Waals surface area contributed by atoms with E-state index in [1.54, 1.807) is 6.07 Å². The summed E-state index contributed by atoms with van der Waals surface area (Å²) in [5.41, 5.74) is 1.28. The van der Waals surface area contributed by atoms with Crippen LogP contribution in [0.25, 0.3) is 10.9 Å². The molecule has 1 fully saturated rings. The summed E-state index contributed by atoms with van der Waals surface area (Å²) in [5.74, 6) is 1.35. The van der Waals surface area contributed by atoms with Crippen molar-refractivity contribution in [1.82, 2.24) is 20.1 Å². The number of nitrogens with one attached hydrogen (secondary N) is 2. The van der Waals surface area contributed by atoms with E-state index in [9.17, 15) is 4.79 Å². The topological polar surface area (TPSA) is 79.1 Å². The van der Waals surface area contributed by atoms with Crippen LogP contribution in [0.15, 0.2) is 23.0 Å². The highest BCUT2D eigenvalue weighted by Crippen LogP contribution is 2.35. The quantitative estimate of drug-likeness (QED) is 0.680. The number of rotatable bonds is 6. The Morgan fingerprint density at radius 2 is 2.00 bits per heavy atom. The summed E-state index contributed by atoms with van der Waals surface area (Å²) in [6.45, 7) is 5.94. The monoisotopic (exact) mass is 418 g/mol. The molecule has 9 heteroatoms. The summed E-state index contributed by atoms with van der Waals surface area (Å²) in [5, 5.41) is 4.59. The molecule has 3 heterocycles. The normalized spacial score (nSPS) is 16.2. The Balaban J connectivity index is 1.48. The van der Waals surface area contributed by atoms with Crippen molar-refractivity contribution >= 4 is 28.2 Å². The highest BCUT2D eigenvalue weighted by atomic mass is 32.1. The van der Waals surface area contributed by atoms with Crippen molar-refractivity contribution in [2.45, 2.75) is 13.0 Å². The van der Waals surface area contributed by atoms with Crippen LogP contribution in [0.1, 0.15) is 12.0 Å². The molecule has 0 unspecified atom stereocenters. The van der Waals surface area contributed by atoms with Crippen molar-refractivity contribution in [3.63, 3.8) is 0 Å². The Kier molecular flexibility index (Phi) is 6.17. The fourth-order valence-electron chi connectivity index (χ4n) is 3.68. The Labute approximate surface area is 174 Å². The van der Waals surface area contributed by atoms with Gasteiger partial charge in [-0.25, -0.2) is 0 Å². The zero-order valence-electron chi connectivity index (χ0n) is 16.5. The Morgan fingerprint density at radius 1 is 1.24 bits per heavy atom. The van der Waals surface area contributed by atoms with Gasteiger partial charge in [0.15, 0.2) is 16.6 Å². The van der Waals surface area contributed by atoms with Gasteiger partial charge < -0.3 is 29.4 Å². The average Bonchev–Trinajstić information content (AvgIpc) is 3.19. The number of aromatic nitrogens is 1. The number of H-pyrrole nitrogens is 1. The second-order valence-electron chi connectivity index (χ2n) is 7.20. The predicted octanol–water partition coefficient (Wildman–Crippen LogP) is 1.29. The highest BCUT2D eigenvalue weighted by Gasteiger charge is 2.17. The van der Waals surface area contributed by atoms with Gasteiger partial charge in [0.1, 0.15) is 0 Å². The van der Waals surface area contributed by atoms with E-state index in [4.69, 9.17) is 26.4 Å². The fraction of sp³-hybridized carbons (Fsp3) is 0.500. The minimum Gasteiger partial charge on any atom is -0.454 e. The number of benzene rings is 1. The first-order valence-electron chi connectivity index (χ1n) is 9.86. The summed E-state index contributed by atoms with van der Waals surface area (Å²) in [7, 11) is 1.81. The van der Waals surface area contributed by atoms with Gasteiger partial charge in [-0.05, 0) is 30.8 Å². The lowest BCUT2D eigenvalue weighted by atomic mass is 10.1. The van der Waals surface area contributed by atoms with E-state index in [1.807, 2.05) is 24.1 Å². The van der Waals surface area contributed by atoms with Crippen LogP contribution in [-0.4, -0.2) is 73.1 Å². The van der Waals surface area contributed by atoms with Crippen molar-refractivity contribution in [2.24, 2.45) is 0 Å². The second kappa shape index (κ2) is 8.98. The number of aromatic amines is 1. The van der Waals surface area contributed by atoms with Crippen LogP contribution >= 0.6 is 12.2 Å². The first-order chi connectivity index (χ1) is 14.1. The minimum absolute atomic E-state index is 0.117. The lowest BCUT2D eigenvalue weighted by Crippen LogP contribution is -2.41. The lowest BCUT2D eigenvalue weighted by Gasteiger charge is -2.29. The number of thiocarbonyl (C=S) groups is 1. The number of nitrogens with zero attached hydrogens (tertiary/aromatic N) is 2. The standard InChI is InChI=1S/C20H26N4O4S/c1-21-20(29)24(4-2-3-23-5-7-26-8-6-23)12-15-9-14-10-17-18(28-13-27-17)11-16(14)22-19(15)25/h9-11H,2-8,12-13H2,1H3,(H,21,29)(H,22,25). The van der Waals surface area contributed by atoms with Gasteiger partial charge in [-0.2, -0.15) is 0 Å². The van der Waals surface area contributed by atoms with Crippen LogP contribution in [0.4, 0.5) is 0 Å². The van der Waals surface area contributed by atoms with E-state index in [-0.39, 0.29) is 12.4 Å². The zero-order chi connectivity index (χ0) is 20.2. The van der Waals surface area contributed by atoms with E-state index < -0.39 is 0 Å². The molecule has 8 nitrogen and oxygen atoms in total. The second-order valence-corrected chi connectivity index (χ2v) is 7.59. The van der Waals surface area contributed by atoms with Crippen LogP contribution in [0.3, 0.4) is 0 Å². The number of hydrogen-bond donors (Lipinski definition) is 2. The largest absolute Gasteiger partial charge is 0.454 e. The van der Waals surface area contributed by atoms with Crippen molar-refractivity contribution in [3.05, 3.63) is 34.1 Å². The molecule has 1 saturated heterocycles. The van der Waals surface area contributed by atoms with E-state index in [1.165, 1.54) is 0 Å². The van der Waals surface area contributed by atoms with Crippen molar-refractivity contribution in [2.75, 3.05) is 53.2 Å². The molecule has 0 aliphatic carbocycles. The van der Waals surface area contributed by atoms with Crippen molar-refractivity contribution in [1.29, 1.82) is 0 Å². The molecule has 2 N–H and O–H groups in total. The summed E-state index contributed by atoms with van der Waals surface area (Å²) < 4.78 is 16.2. The first-order valence-corrected chi connectivity index (χ1v) is 10.3. The van der Waals surface area contributed by atoms with E-state index >= 15 is 0 Å². The minimum atomic E-state index is -0.117. The van der Waals surface area contributed by atoms with Gasteiger partial charge in [-0.1, -0.05) is 0 Å². The fourth-order valence-corrected chi connectivity index (χ4v) is 3.84. The molecule has 0 amide bonds. The summed E-state index contributed by atoms with van der Waals surface area (Å²) in [4.78, 5) is 20.1. The number of ether oxygens (including phenoxy) is 3. The van der Waals surface area contributed by atoms with Crippen LogP contribution < -0.4 is 20.3 Å². The van der Waals surface area contributed by atoms with E-state index in [2.05, 4.69) is 15.2 Å². The summed E-state index contributed by atoms with van der Waals surface area (Å²) in [6, 6.07) is 5.61. The van der Waals surface area contributed by atoms with Gasteiger partial charge in [-0.15, -0.1) is 0 Å². The molecule has 0 saturated carbocycles. The van der Waals surface area contributed by atoms with Gasteiger partial charge >= 0.3 is 0 Å². The number of hydrogen-bond acceptors (Lipinski definition) is 6. The lowest BCUT2D eigenvalue weighted by molar-refractivity contribution is 0.0367. The van der Waals surface area contributed by atoms with E-state index in [0.29, 0.717) is 28.7 Å². The molecular formula is C20H26N4O4S. The molecule has 4 rings (SSSR count). The van der Waals surface area contributed by atoms with Gasteiger partial charge in [0.25, 0.3) is 5.56 Å². The van der Waals surface area contributed by atoms with Crippen molar-refractivity contribution < 1.29 is 14.2 Å². The number of pyridine rings is 1. The number of morpholine rings is 1. The number of fused-ring (bicyclic) bond motifs is 2. The third-order valence-corrected chi connectivity index (χ3v) is 5.75. The molecule has 156 valence electrons. The Bertz CT molecular complexity index is 942. The molecule has 0 spiro atoms. The van der Waals surface area contributed by atoms with Crippen LogP contribution in [0.5, 0.6) is 11.5 Å². The molecule has 0 radical (unpaired) electrons. The first kappa shape index (κ1) is 19.9. The van der Waals surface area contributed by atoms with Crippen LogP contribution in [0.2, 0.25) is 0 Å². The molecular weight excluding hydrogens is 392 g/mol. The molecule has 0 bridgehead atoms. The van der Waals surface area contributed by atoms with Crippen LogP contribution in [-0.2, 0) is 11.3 Å². The molecule has 0 atom stereocenters. The van der Waals surface area contributed by atoms with Gasteiger partial charge in [0.05, 0.1) is 25.3 Å². The maximum atomic E-state index is 12.7. The molecule has 2 aliphatic rings. The van der Waals surface area contributed by atoms with Gasteiger partial charge in [-0.3, -0.25) is 9.69 Å². The zero-order valence-corrected chi connectivity index (χ0v) is 17.3. The van der Waals surface area contributed by atoms with E-state index in [0.717, 1.165) is 56.7 Å². The maximum absolute atomic E-state index is 12.7. The molecule has 29 heavy (non-hydrogen) atoms. The average molecular weight is 419 g/mol. The Hall–Kier alpha value is -2.36. The molecule has 1 aromatic carbocycles. The summed E-state index contributed by atoms with van der Waals surface area (Å²) in [6.07, 6.45) is 0.964. The third kappa shape index (κ3) is 4.63. The maximum Gasteiger partial charge on any atom is 0.253 e. The van der Waals surface area contributed by atoms with Gasteiger partial charge in [0.2, 0.25) is 6.79 Å². The third-order valence-electron chi connectivity index (χ3n) is 5.28. The molecule has 1 aromatic heterocycles. The van der Waals surface area contributed by atoms with Crippen LogP contribution in [0, 0.1) is 0 Å². The smallest absolute Gasteiger partial charge is 0.253 e. The predicted molar refractivity (Wildman–Crippen MR) is 115 cm³/mol. The summed E-state index contributed by atoms with van der Waals surface area (Å²) >= 11 is 5.48. The van der Waals surface area contributed by atoms with Crippen molar-refractivity contribution in [3.8, 4) is 11.5 Å². The highest BCUT2D eigenvalue weighted by molar-refractivity contribution is 7.80. The molecule has 2 aliphatic heterocycles.